The number of hydrogen-bond donors (Lipinski definition) is 2. The Hall–Kier alpha value is -0.980. The van der Waals surface area contributed by atoms with Gasteiger partial charge in [-0.25, -0.2) is 10.9 Å². The summed E-state index contributed by atoms with van der Waals surface area (Å²) in [6, 6.07) is 0.406. The fourth-order valence-electron chi connectivity index (χ4n) is 5.16. The van der Waals surface area contributed by atoms with Gasteiger partial charge in [0.05, 0.1) is 12.3 Å². The Kier molecular flexibility index (Phi) is 8.76. The molecule has 0 spiro atoms. The number of hydrazine groups is 1. The van der Waals surface area contributed by atoms with E-state index in [0.29, 0.717) is 12.0 Å². The smallest absolute Gasteiger partial charge is 0.138 e. The van der Waals surface area contributed by atoms with E-state index in [1.54, 1.807) is 0 Å². The van der Waals surface area contributed by atoms with Crippen molar-refractivity contribution in [3.8, 4) is 0 Å². The molecule has 1 aromatic rings. The van der Waals surface area contributed by atoms with Gasteiger partial charge in [0, 0.05) is 22.9 Å². The first kappa shape index (κ1) is 29.3. The number of nitrogens with one attached hydrogen (secondary N) is 2. The van der Waals surface area contributed by atoms with E-state index in [1.807, 2.05) is 0 Å². The molecule has 0 bridgehead atoms. The summed E-state index contributed by atoms with van der Waals surface area (Å²) < 4.78 is 2.43. The molecule has 34 heavy (non-hydrogen) atoms. The van der Waals surface area contributed by atoms with Gasteiger partial charge < -0.3 is 4.57 Å². The molecule has 4 unspecified atom stereocenters. The van der Waals surface area contributed by atoms with E-state index in [9.17, 15) is 0 Å². The SMILES string of the molecule is CCC(C)n1c(C(C)CCC(C)(C)C2NNC(C(C)(C)C)N2C(C)(C)CC)nnc1C(C)(C)C. The fourth-order valence-corrected chi connectivity index (χ4v) is 5.16. The molecule has 1 fully saturated rings. The van der Waals surface area contributed by atoms with E-state index >= 15 is 0 Å². The summed E-state index contributed by atoms with van der Waals surface area (Å²) in [6.45, 7) is 32.5. The van der Waals surface area contributed by atoms with Crippen molar-refractivity contribution in [2.24, 2.45) is 10.8 Å². The summed E-state index contributed by atoms with van der Waals surface area (Å²) in [6.07, 6.45) is 4.94. The lowest BCUT2D eigenvalue weighted by Gasteiger charge is -2.49. The van der Waals surface area contributed by atoms with Crippen LogP contribution in [0.2, 0.25) is 0 Å². The maximum Gasteiger partial charge on any atom is 0.138 e. The van der Waals surface area contributed by atoms with Crippen LogP contribution in [0.4, 0.5) is 0 Å². The normalized spacial score (nSPS) is 22.9. The largest absolute Gasteiger partial charge is 0.311 e. The minimum absolute atomic E-state index is 0.0126. The van der Waals surface area contributed by atoms with Crippen LogP contribution in [0.25, 0.3) is 0 Å². The van der Waals surface area contributed by atoms with E-state index in [2.05, 4.69) is 122 Å². The van der Waals surface area contributed by atoms with Crippen LogP contribution in [0.15, 0.2) is 0 Å². The molecule has 6 nitrogen and oxygen atoms in total. The highest BCUT2D eigenvalue weighted by Crippen LogP contribution is 2.42. The maximum atomic E-state index is 4.74. The molecule has 0 saturated carbocycles. The quantitative estimate of drug-likeness (QED) is 0.413. The predicted molar refractivity (Wildman–Crippen MR) is 145 cm³/mol. The van der Waals surface area contributed by atoms with Crippen molar-refractivity contribution in [1.29, 1.82) is 0 Å². The molecule has 0 aromatic carbocycles. The summed E-state index contributed by atoms with van der Waals surface area (Å²) in [5.41, 5.74) is 7.68. The van der Waals surface area contributed by atoms with Crippen LogP contribution in [-0.4, -0.2) is 37.5 Å². The van der Waals surface area contributed by atoms with Gasteiger partial charge in [-0.3, -0.25) is 4.90 Å². The Morgan fingerprint density at radius 1 is 0.853 bits per heavy atom. The van der Waals surface area contributed by atoms with Gasteiger partial charge >= 0.3 is 0 Å². The molecule has 0 aliphatic carbocycles. The average molecular weight is 477 g/mol. The second-order valence-electron chi connectivity index (χ2n) is 14.2. The van der Waals surface area contributed by atoms with Gasteiger partial charge in [0.25, 0.3) is 0 Å². The number of nitrogens with zero attached hydrogens (tertiary/aromatic N) is 4. The van der Waals surface area contributed by atoms with Gasteiger partial charge in [0.2, 0.25) is 0 Å². The number of aromatic nitrogens is 3. The first-order chi connectivity index (χ1) is 15.4. The van der Waals surface area contributed by atoms with Crippen LogP contribution >= 0.6 is 0 Å². The van der Waals surface area contributed by atoms with Gasteiger partial charge in [-0.2, -0.15) is 0 Å². The molecular formula is C28H56N6. The molecule has 4 atom stereocenters. The first-order valence-electron chi connectivity index (χ1n) is 13.6. The van der Waals surface area contributed by atoms with Crippen LogP contribution in [-0.2, 0) is 5.41 Å². The zero-order valence-electron chi connectivity index (χ0n) is 24.9. The lowest BCUT2D eigenvalue weighted by molar-refractivity contribution is -0.0348. The van der Waals surface area contributed by atoms with Crippen LogP contribution in [0.3, 0.4) is 0 Å². The van der Waals surface area contributed by atoms with Crippen molar-refractivity contribution < 1.29 is 0 Å². The standard InChI is InChI=1S/C28H56N6/c1-15-20(4)33-21(29-30-22(33)25(5,6)7)19(3)17-18-27(11,12)24-32-31-23(26(8,9)10)34(24)28(13,14)16-2/h19-20,23-24,31-32H,15-18H2,1-14H3. The van der Waals surface area contributed by atoms with E-state index < -0.39 is 0 Å². The Morgan fingerprint density at radius 2 is 1.41 bits per heavy atom. The Balaban J connectivity index is 2.28. The molecule has 1 aromatic heterocycles. The van der Waals surface area contributed by atoms with Gasteiger partial charge in [-0.15, -0.1) is 10.2 Å². The molecular weight excluding hydrogens is 420 g/mol. The molecule has 1 aliphatic rings. The molecule has 2 N–H and O–H groups in total. The van der Waals surface area contributed by atoms with Crippen molar-refractivity contribution in [3.63, 3.8) is 0 Å². The highest BCUT2D eigenvalue weighted by atomic mass is 15.6. The van der Waals surface area contributed by atoms with E-state index in [1.165, 1.54) is 0 Å². The molecule has 0 amide bonds. The summed E-state index contributed by atoms with van der Waals surface area (Å²) in [4.78, 5) is 2.71. The summed E-state index contributed by atoms with van der Waals surface area (Å²) in [5, 5.41) is 9.41. The number of hydrogen-bond acceptors (Lipinski definition) is 5. The Morgan fingerprint density at radius 3 is 1.88 bits per heavy atom. The molecule has 0 radical (unpaired) electrons. The van der Waals surface area contributed by atoms with Crippen molar-refractivity contribution in [3.05, 3.63) is 11.6 Å². The average Bonchev–Trinajstić information content (AvgIpc) is 3.36. The summed E-state index contributed by atoms with van der Waals surface area (Å²) in [7, 11) is 0. The molecule has 198 valence electrons. The highest BCUT2D eigenvalue weighted by molar-refractivity contribution is 5.11. The molecule has 6 heteroatoms. The van der Waals surface area contributed by atoms with Crippen molar-refractivity contribution in [2.45, 2.75) is 158 Å². The van der Waals surface area contributed by atoms with E-state index in [-0.39, 0.29) is 34.1 Å². The zero-order valence-corrected chi connectivity index (χ0v) is 24.9. The zero-order chi connectivity index (χ0) is 26.3. The lowest BCUT2D eigenvalue weighted by Crippen LogP contribution is -2.59. The van der Waals surface area contributed by atoms with Crippen LogP contribution in [0, 0.1) is 10.8 Å². The summed E-state index contributed by atoms with van der Waals surface area (Å²) >= 11 is 0. The van der Waals surface area contributed by atoms with Crippen LogP contribution < -0.4 is 10.9 Å². The highest BCUT2D eigenvalue weighted by Gasteiger charge is 2.50. The van der Waals surface area contributed by atoms with Crippen molar-refractivity contribution in [1.82, 2.24) is 30.5 Å². The van der Waals surface area contributed by atoms with Gasteiger partial charge in [-0.1, -0.05) is 76.2 Å². The third-order valence-electron chi connectivity index (χ3n) is 8.12. The van der Waals surface area contributed by atoms with Gasteiger partial charge in [0.15, 0.2) is 0 Å². The van der Waals surface area contributed by atoms with Crippen molar-refractivity contribution in [2.75, 3.05) is 0 Å². The molecule has 1 aliphatic heterocycles. The van der Waals surface area contributed by atoms with E-state index in [0.717, 1.165) is 37.3 Å². The fraction of sp³-hybridized carbons (Fsp3) is 0.929. The van der Waals surface area contributed by atoms with Gasteiger partial charge in [-0.05, 0) is 57.3 Å². The van der Waals surface area contributed by atoms with E-state index in [4.69, 9.17) is 5.10 Å². The molecule has 2 rings (SSSR count). The maximum absolute atomic E-state index is 4.74. The molecule has 2 heterocycles. The second kappa shape index (κ2) is 10.2. The topological polar surface area (TPSA) is 58.0 Å². The Bertz CT molecular complexity index is 795. The minimum atomic E-state index is -0.0126. The van der Waals surface area contributed by atoms with Crippen LogP contribution in [0.5, 0.6) is 0 Å². The third kappa shape index (κ3) is 6.04. The van der Waals surface area contributed by atoms with Gasteiger partial charge in [0.1, 0.15) is 11.6 Å². The summed E-state index contributed by atoms with van der Waals surface area (Å²) in [5.74, 6) is 2.61. The van der Waals surface area contributed by atoms with Crippen LogP contribution in [0.1, 0.15) is 146 Å². The lowest BCUT2D eigenvalue weighted by atomic mass is 9.78. The van der Waals surface area contributed by atoms with Crippen molar-refractivity contribution >= 4 is 0 Å². The predicted octanol–water partition coefficient (Wildman–Crippen LogP) is 6.75. The second-order valence-corrected chi connectivity index (χ2v) is 14.2. The minimum Gasteiger partial charge on any atom is -0.311 e. The number of rotatable bonds is 9. The first-order valence-corrected chi connectivity index (χ1v) is 13.6. The molecule has 1 saturated heterocycles. The third-order valence-corrected chi connectivity index (χ3v) is 8.12. The monoisotopic (exact) mass is 476 g/mol. The Labute approximate surface area is 211 Å².